The molecule has 1 amide bonds. The number of aryl methyl sites for hydroxylation is 1. The van der Waals surface area contributed by atoms with Crippen molar-refractivity contribution >= 4 is 21.6 Å². The molecular formula is C13H20N4O3S. The number of sulfone groups is 1. The van der Waals surface area contributed by atoms with Gasteiger partial charge in [-0.1, -0.05) is 0 Å². The zero-order valence-electron chi connectivity index (χ0n) is 12.4. The molecule has 116 valence electrons. The summed E-state index contributed by atoms with van der Waals surface area (Å²) in [5.74, 6) is 0.977. The molecule has 1 aromatic rings. The number of nitrogens with one attached hydrogen (secondary N) is 2. The monoisotopic (exact) mass is 312 g/mol. The Morgan fingerprint density at radius 1 is 1.38 bits per heavy atom. The predicted octanol–water partition coefficient (Wildman–Crippen LogP) is 0.522. The van der Waals surface area contributed by atoms with Gasteiger partial charge in [0.2, 0.25) is 0 Å². The summed E-state index contributed by atoms with van der Waals surface area (Å²) in [5, 5.41) is 5.84. The Morgan fingerprint density at radius 2 is 2.10 bits per heavy atom. The molecule has 1 atom stereocenters. The van der Waals surface area contributed by atoms with Crippen LogP contribution in [0.3, 0.4) is 0 Å². The third kappa shape index (κ3) is 4.38. The fraction of sp³-hybridized carbons (Fsp3) is 0.615. The third-order valence-corrected chi connectivity index (χ3v) is 4.84. The van der Waals surface area contributed by atoms with Crippen molar-refractivity contribution in [2.24, 2.45) is 0 Å². The fourth-order valence-electron chi connectivity index (χ4n) is 2.21. The Hall–Kier alpha value is -1.70. The maximum Gasteiger partial charge on any atom is 0.270 e. The highest BCUT2D eigenvalue weighted by molar-refractivity contribution is 7.91. The molecule has 2 heterocycles. The summed E-state index contributed by atoms with van der Waals surface area (Å²) in [6.07, 6.45) is 0.554. The lowest BCUT2D eigenvalue weighted by molar-refractivity contribution is 0.0937. The second-order valence-corrected chi connectivity index (χ2v) is 7.79. The third-order valence-electron chi connectivity index (χ3n) is 3.07. The Labute approximate surface area is 124 Å². The maximum absolute atomic E-state index is 12.0. The number of nitrogens with zero attached hydrogens (tertiary/aromatic N) is 2. The van der Waals surface area contributed by atoms with E-state index in [0.717, 1.165) is 0 Å². The van der Waals surface area contributed by atoms with Crippen LogP contribution in [0.2, 0.25) is 0 Å². The first-order valence-corrected chi connectivity index (χ1v) is 8.71. The van der Waals surface area contributed by atoms with Gasteiger partial charge in [-0.05, 0) is 27.2 Å². The average molecular weight is 312 g/mol. The molecule has 0 aromatic carbocycles. The van der Waals surface area contributed by atoms with Crippen LogP contribution in [0.15, 0.2) is 6.07 Å². The number of anilines is 1. The number of carbonyl (C=O) groups excluding carboxylic acids is 1. The molecule has 0 bridgehead atoms. The van der Waals surface area contributed by atoms with Gasteiger partial charge in [0.15, 0.2) is 9.84 Å². The number of rotatable bonds is 4. The first kappa shape index (κ1) is 15.7. The van der Waals surface area contributed by atoms with E-state index < -0.39 is 9.84 Å². The largest absolute Gasteiger partial charge is 0.366 e. The van der Waals surface area contributed by atoms with Crippen LogP contribution in [-0.4, -0.2) is 47.9 Å². The lowest BCUT2D eigenvalue weighted by atomic mass is 10.2. The highest BCUT2D eigenvalue weighted by Crippen LogP contribution is 2.17. The SMILES string of the molecule is Cc1nc(NC2CCS(=O)(=O)C2)cc(C(=O)NC(C)C)n1. The van der Waals surface area contributed by atoms with Crippen molar-refractivity contribution in [2.75, 3.05) is 16.8 Å². The number of hydrogen-bond donors (Lipinski definition) is 2. The second kappa shape index (κ2) is 5.97. The molecular weight excluding hydrogens is 292 g/mol. The van der Waals surface area contributed by atoms with E-state index in [1.807, 2.05) is 13.8 Å². The summed E-state index contributed by atoms with van der Waals surface area (Å²) in [4.78, 5) is 20.3. The Balaban J connectivity index is 2.14. The van der Waals surface area contributed by atoms with E-state index in [1.165, 1.54) is 0 Å². The molecule has 7 nitrogen and oxygen atoms in total. The van der Waals surface area contributed by atoms with Gasteiger partial charge in [0.05, 0.1) is 11.5 Å². The summed E-state index contributed by atoms with van der Waals surface area (Å²) < 4.78 is 22.9. The molecule has 0 aliphatic carbocycles. The van der Waals surface area contributed by atoms with Crippen LogP contribution in [-0.2, 0) is 9.84 Å². The van der Waals surface area contributed by atoms with Gasteiger partial charge in [0.25, 0.3) is 5.91 Å². The molecule has 8 heteroatoms. The molecule has 21 heavy (non-hydrogen) atoms. The van der Waals surface area contributed by atoms with Crippen molar-refractivity contribution in [2.45, 2.75) is 39.3 Å². The van der Waals surface area contributed by atoms with Crippen LogP contribution in [0.25, 0.3) is 0 Å². The van der Waals surface area contributed by atoms with Crippen LogP contribution in [0.5, 0.6) is 0 Å². The minimum Gasteiger partial charge on any atom is -0.366 e. The molecule has 1 fully saturated rings. The number of carbonyl (C=O) groups is 1. The van der Waals surface area contributed by atoms with Crippen LogP contribution in [0.4, 0.5) is 5.82 Å². The van der Waals surface area contributed by atoms with Gasteiger partial charge in [-0.2, -0.15) is 0 Å². The molecule has 0 radical (unpaired) electrons. The van der Waals surface area contributed by atoms with E-state index in [1.54, 1.807) is 13.0 Å². The first-order chi connectivity index (χ1) is 9.75. The number of amides is 1. The molecule has 0 spiro atoms. The van der Waals surface area contributed by atoms with E-state index in [2.05, 4.69) is 20.6 Å². The van der Waals surface area contributed by atoms with Crippen molar-refractivity contribution in [1.29, 1.82) is 0 Å². The second-order valence-electron chi connectivity index (χ2n) is 5.56. The van der Waals surface area contributed by atoms with Gasteiger partial charge in [-0.3, -0.25) is 4.79 Å². The molecule has 1 aromatic heterocycles. The summed E-state index contributed by atoms with van der Waals surface area (Å²) in [6, 6.07) is 1.41. The predicted molar refractivity (Wildman–Crippen MR) is 80.1 cm³/mol. The Morgan fingerprint density at radius 3 is 2.67 bits per heavy atom. The van der Waals surface area contributed by atoms with Crippen molar-refractivity contribution in [3.63, 3.8) is 0 Å². The van der Waals surface area contributed by atoms with E-state index in [-0.39, 0.29) is 35.2 Å². The molecule has 0 saturated carbocycles. The van der Waals surface area contributed by atoms with E-state index in [0.29, 0.717) is 18.1 Å². The van der Waals surface area contributed by atoms with E-state index in [9.17, 15) is 13.2 Å². The zero-order chi connectivity index (χ0) is 15.6. The van der Waals surface area contributed by atoms with Gasteiger partial charge < -0.3 is 10.6 Å². The zero-order valence-corrected chi connectivity index (χ0v) is 13.2. The lowest BCUT2D eigenvalue weighted by Gasteiger charge is -2.13. The summed E-state index contributed by atoms with van der Waals surface area (Å²) in [7, 11) is -2.95. The van der Waals surface area contributed by atoms with Gasteiger partial charge in [-0.15, -0.1) is 0 Å². The highest BCUT2D eigenvalue weighted by atomic mass is 32.2. The van der Waals surface area contributed by atoms with E-state index >= 15 is 0 Å². The van der Waals surface area contributed by atoms with Crippen LogP contribution >= 0.6 is 0 Å². The normalized spacial score (nSPS) is 20.5. The van der Waals surface area contributed by atoms with Crippen molar-refractivity contribution < 1.29 is 13.2 Å². The molecule has 1 saturated heterocycles. The van der Waals surface area contributed by atoms with Gasteiger partial charge in [0.1, 0.15) is 17.3 Å². The standard InChI is InChI=1S/C13H20N4O3S/c1-8(2)14-13(18)11-6-12(16-9(3)15-11)17-10-4-5-21(19,20)7-10/h6,8,10H,4-5,7H2,1-3H3,(H,14,18)(H,15,16,17). The molecule has 2 rings (SSSR count). The first-order valence-electron chi connectivity index (χ1n) is 6.89. The highest BCUT2D eigenvalue weighted by Gasteiger charge is 2.28. The van der Waals surface area contributed by atoms with Crippen LogP contribution in [0.1, 0.15) is 36.6 Å². The quantitative estimate of drug-likeness (QED) is 0.840. The Kier molecular flexibility index (Phi) is 4.46. The molecule has 1 aliphatic heterocycles. The van der Waals surface area contributed by atoms with Gasteiger partial charge in [0, 0.05) is 18.2 Å². The smallest absolute Gasteiger partial charge is 0.270 e. The summed E-state index contributed by atoms with van der Waals surface area (Å²) in [5.41, 5.74) is 0.277. The maximum atomic E-state index is 12.0. The molecule has 2 N–H and O–H groups in total. The minimum atomic E-state index is -2.95. The molecule has 1 unspecified atom stereocenters. The topological polar surface area (TPSA) is 101 Å². The summed E-state index contributed by atoms with van der Waals surface area (Å²) >= 11 is 0. The van der Waals surface area contributed by atoms with Gasteiger partial charge in [-0.25, -0.2) is 18.4 Å². The fourth-order valence-corrected chi connectivity index (χ4v) is 3.89. The lowest BCUT2D eigenvalue weighted by Crippen LogP contribution is -2.31. The van der Waals surface area contributed by atoms with Crippen molar-refractivity contribution in [3.05, 3.63) is 17.6 Å². The van der Waals surface area contributed by atoms with Gasteiger partial charge >= 0.3 is 0 Å². The van der Waals surface area contributed by atoms with Crippen molar-refractivity contribution in [1.82, 2.24) is 15.3 Å². The summed E-state index contributed by atoms with van der Waals surface area (Å²) in [6.45, 7) is 5.44. The Bertz CT molecular complexity index is 643. The number of hydrogen-bond acceptors (Lipinski definition) is 6. The average Bonchev–Trinajstić information content (AvgIpc) is 2.67. The minimum absolute atomic E-state index is 0.0177. The van der Waals surface area contributed by atoms with Crippen molar-refractivity contribution in [3.8, 4) is 0 Å². The molecule has 1 aliphatic rings. The van der Waals surface area contributed by atoms with E-state index in [4.69, 9.17) is 0 Å². The van der Waals surface area contributed by atoms with Crippen LogP contribution in [0, 0.1) is 6.92 Å². The van der Waals surface area contributed by atoms with Crippen LogP contribution < -0.4 is 10.6 Å². The number of aromatic nitrogens is 2.